The second-order valence-electron chi connectivity index (χ2n) is 4.63. The van der Waals surface area contributed by atoms with E-state index in [9.17, 15) is 13.6 Å². The van der Waals surface area contributed by atoms with Crippen LogP contribution in [0.15, 0.2) is 29.2 Å². The van der Waals surface area contributed by atoms with Gasteiger partial charge in [0.25, 0.3) is 5.76 Å². The van der Waals surface area contributed by atoms with Crippen LogP contribution >= 0.6 is 11.8 Å². The minimum Gasteiger partial charge on any atom is -0.325 e. The SMILES string of the molecule is CC(C)CC(N)C(=O)Nc1ccc(SC(F)F)cc1. The maximum atomic E-state index is 12.1. The minimum absolute atomic E-state index is 0.261. The van der Waals surface area contributed by atoms with Crippen molar-refractivity contribution >= 4 is 23.4 Å². The second-order valence-corrected chi connectivity index (χ2v) is 5.69. The van der Waals surface area contributed by atoms with Crippen LogP contribution < -0.4 is 11.1 Å². The summed E-state index contributed by atoms with van der Waals surface area (Å²) in [5.41, 5.74) is 6.30. The molecule has 0 aliphatic carbocycles. The summed E-state index contributed by atoms with van der Waals surface area (Å²) in [6.45, 7) is 3.98. The number of hydrogen-bond donors (Lipinski definition) is 2. The average Bonchev–Trinajstić information content (AvgIpc) is 2.30. The van der Waals surface area contributed by atoms with E-state index in [2.05, 4.69) is 5.32 Å². The Labute approximate surface area is 115 Å². The molecule has 1 atom stereocenters. The lowest BCUT2D eigenvalue weighted by atomic mass is 10.0. The molecule has 0 radical (unpaired) electrons. The van der Waals surface area contributed by atoms with E-state index in [1.165, 1.54) is 0 Å². The van der Waals surface area contributed by atoms with E-state index in [1.54, 1.807) is 24.3 Å². The molecule has 19 heavy (non-hydrogen) atoms. The van der Waals surface area contributed by atoms with Gasteiger partial charge < -0.3 is 11.1 Å². The van der Waals surface area contributed by atoms with Crippen LogP contribution in [0.3, 0.4) is 0 Å². The highest BCUT2D eigenvalue weighted by Crippen LogP contribution is 2.26. The molecule has 1 aromatic carbocycles. The molecule has 1 amide bonds. The van der Waals surface area contributed by atoms with Crippen molar-refractivity contribution in [3.63, 3.8) is 0 Å². The zero-order valence-corrected chi connectivity index (χ0v) is 11.7. The highest BCUT2D eigenvalue weighted by Gasteiger charge is 2.15. The molecule has 6 heteroatoms. The highest BCUT2D eigenvalue weighted by molar-refractivity contribution is 7.99. The van der Waals surface area contributed by atoms with Gasteiger partial charge in [0, 0.05) is 10.6 Å². The number of benzene rings is 1. The fourth-order valence-corrected chi connectivity index (χ4v) is 2.07. The van der Waals surface area contributed by atoms with Crippen LogP contribution in [0.4, 0.5) is 14.5 Å². The predicted molar refractivity (Wildman–Crippen MR) is 74.4 cm³/mol. The summed E-state index contributed by atoms with van der Waals surface area (Å²) in [6, 6.07) is 5.70. The summed E-state index contributed by atoms with van der Waals surface area (Å²) in [4.78, 5) is 12.2. The number of rotatable bonds is 6. The molecule has 1 unspecified atom stereocenters. The molecule has 0 spiro atoms. The first kappa shape index (κ1) is 15.9. The molecule has 0 aliphatic rings. The number of amides is 1. The zero-order valence-electron chi connectivity index (χ0n) is 10.9. The average molecular weight is 288 g/mol. The minimum atomic E-state index is -2.44. The number of thioether (sulfide) groups is 1. The molecule has 0 fully saturated rings. The molecule has 106 valence electrons. The van der Waals surface area contributed by atoms with E-state index in [0.717, 1.165) is 0 Å². The molecule has 3 nitrogen and oxygen atoms in total. The van der Waals surface area contributed by atoms with Gasteiger partial charge in [0.2, 0.25) is 5.91 Å². The van der Waals surface area contributed by atoms with Crippen LogP contribution in [0.1, 0.15) is 20.3 Å². The van der Waals surface area contributed by atoms with Crippen molar-refractivity contribution in [3.8, 4) is 0 Å². The third-order valence-electron chi connectivity index (χ3n) is 2.41. The van der Waals surface area contributed by atoms with Gasteiger partial charge in [-0.1, -0.05) is 25.6 Å². The molecule has 0 saturated heterocycles. The van der Waals surface area contributed by atoms with Gasteiger partial charge in [-0.2, -0.15) is 8.78 Å². The van der Waals surface area contributed by atoms with Gasteiger partial charge in [0.05, 0.1) is 6.04 Å². The van der Waals surface area contributed by atoms with Gasteiger partial charge in [-0.3, -0.25) is 4.79 Å². The Morgan fingerprint density at radius 3 is 2.37 bits per heavy atom. The van der Waals surface area contributed by atoms with E-state index in [-0.39, 0.29) is 5.91 Å². The van der Waals surface area contributed by atoms with Crippen LogP contribution in [0.2, 0.25) is 0 Å². The number of anilines is 1. The third-order valence-corrected chi connectivity index (χ3v) is 3.13. The number of carbonyl (C=O) groups is 1. The number of carbonyl (C=O) groups excluding carboxylic acids is 1. The van der Waals surface area contributed by atoms with Crippen molar-refractivity contribution < 1.29 is 13.6 Å². The van der Waals surface area contributed by atoms with E-state index in [1.807, 2.05) is 13.8 Å². The topological polar surface area (TPSA) is 55.1 Å². The lowest BCUT2D eigenvalue weighted by molar-refractivity contribution is -0.117. The lowest BCUT2D eigenvalue weighted by Crippen LogP contribution is -2.36. The van der Waals surface area contributed by atoms with Crippen molar-refractivity contribution in [1.29, 1.82) is 0 Å². The van der Waals surface area contributed by atoms with Gasteiger partial charge >= 0.3 is 0 Å². The zero-order chi connectivity index (χ0) is 14.4. The lowest BCUT2D eigenvalue weighted by Gasteiger charge is -2.14. The van der Waals surface area contributed by atoms with Crippen LogP contribution in [-0.2, 0) is 4.79 Å². The third kappa shape index (κ3) is 6.02. The summed E-state index contributed by atoms with van der Waals surface area (Å²) in [5, 5.41) is 2.67. The predicted octanol–water partition coefficient (Wildman–Crippen LogP) is 3.31. The molecular formula is C13H18F2N2OS. The normalized spacial score (nSPS) is 12.8. The highest BCUT2D eigenvalue weighted by atomic mass is 32.2. The Hall–Kier alpha value is -1.14. The fraction of sp³-hybridized carbons (Fsp3) is 0.462. The summed E-state index contributed by atoms with van der Waals surface area (Å²) < 4.78 is 24.3. The molecule has 0 aromatic heterocycles. The smallest absolute Gasteiger partial charge is 0.288 e. The van der Waals surface area contributed by atoms with E-state index in [0.29, 0.717) is 34.7 Å². The monoisotopic (exact) mass is 288 g/mol. The molecule has 1 rings (SSSR count). The van der Waals surface area contributed by atoms with Crippen molar-refractivity contribution in [2.75, 3.05) is 5.32 Å². The Morgan fingerprint density at radius 1 is 1.32 bits per heavy atom. The Kier molecular flexibility index (Phi) is 6.24. The maximum absolute atomic E-state index is 12.1. The number of alkyl halides is 2. The molecule has 0 saturated carbocycles. The van der Waals surface area contributed by atoms with E-state index >= 15 is 0 Å². The van der Waals surface area contributed by atoms with Gasteiger partial charge in [-0.25, -0.2) is 0 Å². The Bertz CT molecular complexity index is 410. The molecule has 0 heterocycles. The Morgan fingerprint density at radius 2 is 1.89 bits per heavy atom. The first-order valence-corrected chi connectivity index (χ1v) is 6.87. The molecule has 0 aliphatic heterocycles. The number of halogens is 2. The quantitative estimate of drug-likeness (QED) is 0.790. The molecule has 3 N–H and O–H groups in total. The van der Waals surface area contributed by atoms with Gasteiger partial charge in [0.1, 0.15) is 0 Å². The summed E-state index contributed by atoms with van der Waals surface area (Å²) in [6.07, 6.45) is 0.602. The van der Waals surface area contributed by atoms with Gasteiger partial charge in [-0.05, 0) is 36.6 Å². The van der Waals surface area contributed by atoms with Crippen molar-refractivity contribution in [2.45, 2.75) is 37.0 Å². The van der Waals surface area contributed by atoms with E-state index < -0.39 is 11.8 Å². The first-order chi connectivity index (χ1) is 8.88. The van der Waals surface area contributed by atoms with Crippen molar-refractivity contribution in [1.82, 2.24) is 0 Å². The summed E-state index contributed by atoms with van der Waals surface area (Å²) in [7, 11) is 0. The molecular weight excluding hydrogens is 270 g/mol. The molecule has 0 bridgehead atoms. The van der Waals surface area contributed by atoms with Crippen LogP contribution in [-0.4, -0.2) is 17.7 Å². The maximum Gasteiger partial charge on any atom is 0.288 e. The van der Waals surface area contributed by atoms with Crippen LogP contribution in [0.25, 0.3) is 0 Å². The van der Waals surface area contributed by atoms with E-state index in [4.69, 9.17) is 5.73 Å². The summed E-state index contributed by atoms with van der Waals surface area (Å²) in [5.74, 6) is -2.37. The first-order valence-electron chi connectivity index (χ1n) is 5.99. The van der Waals surface area contributed by atoms with Crippen LogP contribution in [0.5, 0.6) is 0 Å². The van der Waals surface area contributed by atoms with Gasteiger partial charge in [-0.15, -0.1) is 0 Å². The fourth-order valence-electron chi connectivity index (χ4n) is 1.57. The largest absolute Gasteiger partial charge is 0.325 e. The number of nitrogens with one attached hydrogen (secondary N) is 1. The molecule has 1 aromatic rings. The standard InChI is InChI=1S/C13H18F2N2OS/c1-8(2)7-11(16)12(18)17-9-3-5-10(6-4-9)19-13(14)15/h3-6,8,11,13H,7,16H2,1-2H3,(H,17,18). The second kappa shape index (κ2) is 7.45. The van der Waals surface area contributed by atoms with Crippen LogP contribution in [0, 0.1) is 5.92 Å². The number of nitrogens with two attached hydrogens (primary N) is 1. The number of hydrogen-bond acceptors (Lipinski definition) is 3. The van der Waals surface area contributed by atoms with Crippen molar-refractivity contribution in [3.05, 3.63) is 24.3 Å². The van der Waals surface area contributed by atoms with Gasteiger partial charge in [0.15, 0.2) is 0 Å². The van der Waals surface area contributed by atoms with Crippen molar-refractivity contribution in [2.24, 2.45) is 11.7 Å². The Balaban J connectivity index is 2.55. The summed E-state index contributed by atoms with van der Waals surface area (Å²) >= 11 is 0.470.